The summed E-state index contributed by atoms with van der Waals surface area (Å²) in [6.45, 7) is 3.16. The lowest BCUT2D eigenvalue weighted by atomic mass is 10.2. The average molecular weight is 198 g/mol. The van der Waals surface area contributed by atoms with Gasteiger partial charge in [-0.25, -0.2) is 0 Å². The van der Waals surface area contributed by atoms with E-state index in [-0.39, 0.29) is 12.5 Å². The average Bonchev–Trinajstić information content (AvgIpc) is 2.17. The van der Waals surface area contributed by atoms with Gasteiger partial charge in [-0.1, -0.05) is 12.8 Å². The van der Waals surface area contributed by atoms with Crippen molar-refractivity contribution in [2.45, 2.75) is 19.4 Å². The van der Waals surface area contributed by atoms with E-state index in [1.54, 1.807) is 4.90 Å². The van der Waals surface area contributed by atoms with Crippen LogP contribution in [0.15, 0.2) is 0 Å². The molecule has 14 heavy (non-hydrogen) atoms. The first-order valence-corrected chi connectivity index (χ1v) is 4.64. The Hall–Kier alpha value is -1.05. The third kappa shape index (κ3) is 4.26. The van der Waals surface area contributed by atoms with E-state index in [1.165, 1.54) is 7.11 Å². The largest absolute Gasteiger partial charge is 0.383 e. The molecule has 0 heterocycles. The summed E-state index contributed by atoms with van der Waals surface area (Å²) in [7, 11) is 1.51. The zero-order valence-corrected chi connectivity index (χ0v) is 8.82. The SMILES string of the molecule is C#CCN(CCC)C(=O)C(N)COC. The number of hydrogen-bond donors (Lipinski definition) is 1. The van der Waals surface area contributed by atoms with Crippen molar-refractivity contribution in [2.75, 3.05) is 26.8 Å². The summed E-state index contributed by atoms with van der Waals surface area (Å²) in [4.78, 5) is 13.2. The van der Waals surface area contributed by atoms with Gasteiger partial charge in [-0.3, -0.25) is 4.79 Å². The summed E-state index contributed by atoms with van der Waals surface area (Å²) in [5, 5.41) is 0. The summed E-state index contributed by atoms with van der Waals surface area (Å²) in [6.07, 6.45) is 6.02. The van der Waals surface area contributed by atoms with E-state index in [0.717, 1.165) is 6.42 Å². The molecule has 4 nitrogen and oxygen atoms in total. The smallest absolute Gasteiger partial charge is 0.242 e. The van der Waals surface area contributed by atoms with E-state index in [9.17, 15) is 4.79 Å². The first-order chi connectivity index (χ1) is 6.67. The molecule has 0 aliphatic heterocycles. The van der Waals surface area contributed by atoms with Crippen molar-refractivity contribution in [3.8, 4) is 12.3 Å². The monoisotopic (exact) mass is 198 g/mol. The maximum absolute atomic E-state index is 11.6. The molecule has 0 rings (SSSR count). The fourth-order valence-corrected chi connectivity index (χ4v) is 1.13. The number of amides is 1. The zero-order chi connectivity index (χ0) is 11.0. The topological polar surface area (TPSA) is 55.6 Å². The highest BCUT2D eigenvalue weighted by molar-refractivity contribution is 5.82. The van der Waals surface area contributed by atoms with Gasteiger partial charge in [-0.15, -0.1) is 6.42 Å². The van der Waals surface area contributed by atoms with Gasteiger partial charge >= 0.3 is 0 Å². The lowest BCUT2D eigenvalue weighted by molar-refractivity contribution is -0.133. The Morgan fingerprint density at radius 3 is 2.79 bits per heavy atom. The normalized spacial score (nSPS) is 11.9. The van der Waals surface area contributed by atoms with Crippen molar-refractivity contribution in [1.29, 1.82) is 0 Å². The zero-order valence-electron chi connectivity index (χ0n) is 8.82. The van der Waals surface area contributed by atoms with Gasteiger partial charge in [0.25, 0.3) is 0 Å². The summed E-state index contributed by atoms with van der Waals surface area (Å²) in [6, 6.07) is -0.611. The third-order valence-corrected chi connectivity index (χ3v) is 1.75. The Balaban J connectivity index is 4.20. The third-order valence-electron chi connectivity index (χ3n) is 1.75. The van der Waals surface area contributed by atoms with Crippen molar-refractivity contribution in [3.05, 3.63) is 0 Å². The molecule has 4 heteroatoms. The van der Waals surface area contributed by atoms with Crippen LogP contribution in [0, 0.1) is 12.3 Å². The van der Waals surface area contributed by atoms with Gasteiger partial charge in [0.05, 0.1) is 13.2 Å². The van der Waals surface area contributed by atoms with Gasteiger partial charge in [0.1, 0.15) is 6.04 Å². The first kappa shape index (κ1) is 12.9. The van der Waals surface area contributed by atoms with Gasteiger partial charge in [-0.2, -0.15) is 0 Å². The van der Waals surface area contributed by atoms with Gasteiger partial charge in [0.2, 0.25) is 5.91 Å². The summed E-state index contributed by atoms with van der Waals surface area (Å²) in [5.74, 6) is 2.29. The van der Waals surface area contributed by atoms with Crippen LogP contribution in [0.2, 0.25) is 0 Å². The number of hydrogen-bond acceptors (Lipinski definition) is 3. The lowest BCUT2D eigenvalue weighted by Crippen LogP contribution is -2.46. The van der Waals surface area contributed by atoms with E-state index in [2.05, 4.69) is 5.92 Å². The number of nitrogens with two attached hydrogens (primary N) is 1. The molecule has 0 bridgehead atoms. The van der Waals surface area contributed by atoms with E-state index in [1.807, 2.05) is 6.92 Å². The molecule has 1 unspecified atom stereocenters. The van der Waals surface area contributed by atoms with Crippen LogP contribution in [0.5, 0.6) is 0 Å². The molecule has 0 spiro atoms. The Morgan fingerprint density at radius 1 is 1.71 bits per heavy atom. The molecule has 0 fully saturated rings. The fraction of sp³-hybridized carbons (Fsp3) is 0.700. The molecule has 0 aliphatic carbocycles. The summed E-state index contributed by atoms with van der Waals surface area (Å²) < 4.78 is 4.81. The molecule has 0 aromatic heterocycles. The van der Waals surface area contributed by atoms with E-state index in [0.29, 0.717) is 13.1 Å². The van der Waals surface area contributed by atoms with Crippen molar-refractivity contribution in [3.63, 3.8) is 0 Å². The number of methoxy groups -OCH3 is 1. The molecule has 0 saturated heterocycles. The number of carbonyl (C=O) groups is 1. The van der Waals surface area contributed by atoms with Gasteiger partial charge in [0.15, 0.2) is 0 Å². The number of carbonyl (C=O) groups excluding carboxylic acids is 1. The standard InChI is InChI=1S/C10H18N2O2/c1-4-6-12(7-5-2)10(13)9(11)8-14-3/h1,9H,5-8,11H2,2-3H3. The fourth-order valence-electron chi connectivity index (χ4n) is 1.13. The molecule has 0 saturated carbocycles. The summed E-state index contributed by atoms with van der Waals surface area (Å²) in [5.41, 5.74) is 5.60. The second-order valence-electron chi connectivity index (χ2n) is 3.03. The highest BCUT2D eigenvalue weighted by atomic mass is 16.5. The Labute approximate surface area is 85.4 Å². The quantitative estimate of drug-likeness (QED) is 0.603. The highest BCUT2D eigenvalue weighted by Gasteiger charge is 2.19. The molecular formula is C10H18N2O2. The van der Waals surface area contributed by atoms with Crippen LogP contribution < -0.4 is 5.73 Å². The first-order valence-electron chi connectivity index (χ1n) is 4.64. The molecule has 1 amide bonds. The second-order valence-corrected chi connectivity index (χ2v) is 3.03. The Kier molecular flexibility index (Phi) is 6.81. The van der Waals surface area contributed by atoms with Crippen molar-refractivity contribution >= 4 is 5.91 Å². The van der Waals surface area contributed by atoms with Crippen molar-refractivity contribution in [1.82, 2.24) is 4.90 Å². The molecule has 0 aliphatic rings. The van der Waals surface area contributed by atoms with Crippen molar-refractivity contribution < 1.29 is 9.53 Å². The van der Waals surface area contributed by atoms with Crippen LogP contribution in [0.1, 0.15) is 13.3 Å². The van der Waals surface area contributed by atoms with Gasteiger partial charge < -0.3 is 15.4 Å². The maximum Gasteiger partial charge on any atom is 0.242 e. The summed E-state index contributed by atoms with van der Waals surface area (Å²) >= 11 is 0. The minimum atomic E-state index is -0.611. The maximum atomic E-state index is 11.6. The Morgan fingerprint density at radius 2 is 2.36 bits per heavy atom. The van der Waals surface area contributed by atoms with Crippen LogP contribution in [0.4, 0.5) is 0 Å². The van der Waals surface area contributed by atoms with Crippen LogP contribution >= 0.6 is 0 Å². The number of ether oxygens (including phenoxy) is 1. The molecule has 0 radical (unpaired) electrons. The minimum Gasteiger partial charge on any atom is -0.383 e. The highest BCUT2D eigenvalue weighted by Crippen LogP contribution is 1.95. The molecule has 1 atom stereocenters. The molecule has 0 aromatic carbocycles. The van der Waals surface area contributed by atoms with E-state index < -0.39 is 6.04 Å². The second kappa shape index (κ2) is 7.36. The van der Waals surface area contributed by atoms with Gasteiger partial charge in [0, 0.05) is 13.7 Å². The Bertz CT molecular complexity index is 211. The van der Waals surface area contributed by atoms with Crippen LogP contribution in [-0.4, -0.2) is 43.7 Å². The van der Waals surface area contributed by atoms with Crippen LogP contribution in [0.25, 0.3) is 0 Å². The molecular weight excluding hydrogens is 180 g/mol. The predicted octanol–water partition coefficient (Wildman–Crippen LogP) is -0.168. The molecule has 80 valence electrons. The number of rotatable bonds is 6. The van der Waals surface area contributed by atoms with Crippen molar-refractivity contribution in [2.24, 2.45) is 5.73 Å². The molecule has 0 aromatic rings. The van der Waals surface area contributed by atoms with Gasteiger partial charge in [-0.05, 0) is 6.42 Å². The number of terminal acetylenes is 1. The van der Waals surface area contributed by atoms with Crippen LogP contribution in [-0.2, 0) is 9.53 Å². The molecule has 2 N–H and O–H groups in total. The van der Waals surface area contributed by atoms with E-state index >= 15 is 0 Å². The van der Waals surface area contributed by atoms with Crippen LogP contribution in [0.3, 0.4) is 0 Å². The minimum absolute atomic E-state index is 0.147. The number of nitrogens with zero attached hydrogens (tertiary/aromatic N) is 1. The van der Waals surface area contributed by atoms with E-state index in [4.69, 9.17) is 16.9 Å². The lowest BCUT2D eigenvalue weighted by Gasteiger charge is -2.22. The predicted molar refractivity (Wildman–Crippen MR) is 55.6 cm³/mol.